The number of anilines is 1. The summed E-state index contributed by atoms with van der Waals surface area (Å²) in [6.45, 7) is 3.69. The van der Waals surface area contributed by atoms with Gasteiger partial charge in [0.1, 0.15) is 22.3 Å². The maximum atomic E-state index is 13.6. The van der Waals surface area contributed by atoms with E-state index in [0.717, 1.165) is 39.7 Å². The number of hydrogen-bond donors (Lipinski definition) is 1. The Balaban J connectivity index is 1.52. The van der Waals surface area contributed by atoms with Crippen molar-refractivity contribution in [2.45, 2.75) is 42.3 Å². The molecule has 2 amide bonds. The van der Waals surface area contributed by atoms with E-state index in [4.69, 9.17) is 9.47 Å². The summed E-state index contributed by atoms with van der Waals surface area (Å²) in [7, 11) is 0. The summed E-state index contributed by atoms with van der Waals surface area (Å²) < 4.78 is 24.5. The second-order valence-electron chi connectivity index (χ2n) is 8.45. The van der Waals surface area contributed by atoms with Crippen LogP contribution in [0.4, 0.5) is 14.9 Å². The molecule has 0 bridgehead atoms. The molecule has 1 aromatic heterocycles. The third kappa shape index (κ3) is 6.72. The zero-order valence-corrected chi connectivity index (χ0v) is 22.3. The normalized spacial score (nSPS) is 13.9. The fraction of sp³-hybridized carbons (Fsp3) is 0.333. The van der Waals surface area contributed by atoms with Crippen molar-refractivity contribution in [2.75, 3.05) is 31.0 Å². The molecule has 0 aliphatic carbocycles. The van der Waals surface area contributed by atoms with Crippen LogP contribution >= 0.6 is 23.5 Å². The molecule has 0 unspecified atom stereocenters. The number of aryl methyl sites for hydroxylation is 1. The predicted molar refractivity (Wildman–Crippen MR) is 144 cm³/mol. The molecule has 4 rings (SSSR count). The number of pyridine rings is 1. The van der Waals surface area contributed by atoms with Crippen molar-refractivity contribution in [3.63, 3.8) is 0 Å². The summed E-state index contributed by atoms with van der Waals surface area (Å²) in [5.41, 5.74) is 2.66. The SMILES string of the molecule is CSc1cc(C)nc(SC)c1NC(=O)N(Cc1ccc(Oc2ccc(F)cc2)cc1)C1CCOCC1. The summed E-state index contributed by atoms with van der Waals surface area (Å²) >= 11 is 3.12. The number of rotatable bonds is 8. The molecule has 0 atom stereocenters. The molecule has 0 spiro atoms. The highest BCUT2D eigenvalue weighted by Crippen LogP contribution is 2.34. The van der Waals surface area contributed by atoms with Crippen LogP contribution in [0.2, 0.25) is 0 Å². The molecule has 6 nitrogen and oxygen atoms in total. The van der Waals surface area contributed by atoms with Gasteiger partial charge in [-0.15, -0.1) is 23.5 Å². The molecule has 0 radical (unpaired) electrons. The molecule has 1 saturated heterocycles. The van der Waals surface area contributed by atoms with Crippen molar-refractivity contribution in [2.24, 2.45) is 0 Å². The van der Waals surface area contributed by atoms with Crippen LogP contribution in [0.15, 0.2) is 64.5 Å². The quantitative estimate of drug-likeness (QED) is 0.319. The number of hydrogen-bond acceptors (Lipinski definition) is 6. The van der Waals surface area contributed by atoms with Gasteiger partial charge in [0.25, 0.3) is 0 Å². The van der Waals surface area contributed by atoms with Gasteiger partial charge in [-0.2, -0.15) is 0 Å². The minimum atomic E-state index is -0.306. The summed E-state index contributed by atoms with van der Waals surface area (Å²) in [6.07, 6.45) is 5.54. The van der Waals surface area contributed by atoms with Crippen LogP contribution in [0.3, 0.4) is 0 Å². The van der Waals surface area contributed by atoms with E-state index in [1.807, 2.05) is 54.7 Å². The van der Waals surface area contributed by atoms with Crippen LogP contribution in [0.1, 0.15) is 24.1 Å². The first-order valence-electron chi connectivity index (χ1n) is 11.7. The molecule has 3 aromatic rings. The van der Waals surface area contributed by atoms with Crippen LogP contribution in [0.25, 0.3) is 0 Å². The van der Waals surface area contributed by atoms with Crippen LogP contribution in [0, 0.1) is 12.7 Å². The van der Waals surface area contributed by atoms with E-state index < -0.39 is 0 Å². The van der Waals surface area contributed by atoms with E-state index in [1.165, 1.54) is 23.9 Å². The molecule has 190 valence electrons. The van der Waals surface area contributed by atoms with E-state index in [2.05, 4.69) is 10.3 Å². The average molecular weight is 528 g/mol. The Morgan fingerprint density at radius 2 is 1.72 bits per heavy atom. The number of halogens is 1. The highest BCUT2D eigenvalue weighted by Gasteiger charge is 2.27. The first-order valence-corrected chi connectivity index (χ1v) is 14.2. The number of nitrogens with one attached hydrogen (secondary N) is 1. The second-order valence-corrected chi connectivity index (χ2v) is 10.1. The van der Waals surface area contributed by atoms with Crippen molar-refractivity contribution in [3.8, 4) is 11.5 Å². The van der Waals surface area contributed by atoms with Crippen molar-refractivity contribution in [1.82, 2.24) is 9.88 Å². The molecule has 36 heavy (non-hydrogen) atoms. The van der Waals surface area contributed by atoms with Crippen LogP contribution in [0.5, 0.6) is 11.5 Å². The zero-order chi connectivity index (χ0) is 25.5. The number of ether oxygens (including phenoxy) is 2. The average Bonchev–Trinajstić information content (AvgIpc) is 2.90. The van der Waals surface area contributed by atoms with Gasteiger partial charge in [0, 0.05) is 36.4 Å². The Morgan fingerprint density at radius 3 is 2.33 bits per heavy atom. The largest absolute Gasteiger partial charge is 0.457 e. The fourth-order valence-electron chi connectivity index (χ4n) is 4.08. The van der Waals surface area contributed by atoms with Crippen LogP contribution in [-0.2, 0) is 11.3 Å². The third-order valence-electron chi connectivity index (χ3n) is 5.94. The van der Waals surface area contributed by atoms with Gasteiger partial charge in [0.2, 0.25) is 0 Å². The first kappa shape index (κ1) is 26.3. The van der Waals surface area contributed by atoms with E-state index in [-0.39, 0.29) is 17.9 Å². The molecule has 1 N–H and O–H groups in total. The predicted octanol–water partition coefficient (Wildman–Crippen LogP) is 6.98. The highest BCUT2D eigenvalue weighted by molar-refractivity contribution is 7.99. The lowest BCUT2D eigenvalue weighted by Crippen LogP contribution is -2.45. The van der Waals surface area contributed by atoms with E-state index in [9.17, 15) is 9.18 Å². The Morgan fingerprint density at radius 1 is 1.08 bits per heavy atom. The van der Waals surface area contributed by atoms with Crippen molar-refractivity contribution in [3.05, 3.63) is 71.7 Å². The number of carbonyl (C=O) groups excluding carboxylic acids is 1. The van der Waals surface area contributed by atoms with Gasteiger partial charge in [-0.1, -0.05) is 12.1 Å². The maximum Gasteiger partial charge on any atom is 0.322 e. The van der Waals surface area contributed by atoms with Crippen molar-refractivity contribution in [1.29, 1.82) is 0 Å². The lowest BCUT2D eigenvalue weighted by Gasteiger charge is -2.34. The monoisotopic (exact) mass is 527 g/mol. The number of nitrogens with zero attached hydrogens (tertiary/aromatic N) is 2. The Kier molecular flexibility index (Phi) is 9.12. The molecule has 2 aromatic carbocycles. The number of aromatic nitrogens is 1. The zero-order valence-electron chi connectivity index (χ0n) is 20.6. The lowest BCUT2D eigenvalue weighted by molar-refractivity contribution is 0.0460. The van der Waals surface area contributed by atoms with E-state index in [0.29, 0.717) is 31.3 Å². The number of benzene rings is 2. The van der Waals surface area contributed by atoms with Gasteiger partial charge < -0.3 is 19.7 Å². The van der Waals surface area contributed by atoms with Gasteiger partial charge in [0.15, 0.2) is 0 Å². The molecule has 9 heteroatoms. The molecule has 0 saturated carbocycles. The molecule has 1 aliphatic rings. The van der Waals surface area contributed by atoms with Crippen LogP contribution < -0.4 is 10.1 Å². The summed E-state index contributed by atoms with van der Waals surface area (Å²) in [5.74, 6) is 0.903. The van der Waals surface area contributed by atoms with Crippen molar-refractivity contribution < 1.29 is 18.7 Å². The topological polar surface area (TPSA) is 63.7 Å². The molecular weight excluding hydrogens is 497 g/mol. The molecule has 1 fully saturated rings. The molecule has 2 heterocycles. The van der Waals surface area contributed by atoms with Gasteiger partial charge >= 0.3 is 6.03 Å². The Bertz CT molecular complexity index is 1140. The lowest BCUT2D eigenvalue weighted by atomic mass is 10.1. The smallest absolute Gasteiger partial charge is 0.322 e. The van der Waals surface area contributed by atoms with Gasteiger partial charge in [-0.05, 0) is 80.3 Å². The Hall–Kier alpha value is -2.75. The number of amides is 2. The first-order chi connectivity index (χ1) is 17.5. The third-order valence-corrected chi connectivity index (χ3v) is 7.39. The van der Waals surface area contributed by atoms with Crippen LogP contribution in [-0.4, -0.2) is 47.7 Å². The minimum Gasteiger partial charge on any atom is -0.457 e. The number of carbonyl (C=O) groups is 1. The van der Waals surface area contributed by atoms with Gasteiger partial charge in [0.05, 0.1) is 5.69 Å². The summed E-state index contributed by atoms with van der Waals surface area (Å²) in [4.78, 5) is 21.2. The van der Waals surface area contributed by atoms with E-state index >= 15 is 0 Å². The maximum absolute atomic E-state index is 13.6. The molecule has 1 aliphatic heterocycles. The number of thioether (sulfide) groups is 2. The second kappa shape index (κ2) is 12.5. The van der Waals surface area contributed by atoms with Gasteiger partial charge in [-0.25, -0.2) is 14.2 Å². The summed E-state index contributed by atoms with van der Waals surface area (Å²) in [5, 5.41) is 3.97. The standard InChI is InChI=1S/C27H30FN3O3S2/c1-18-16-24(35-2)25(26(29-18)36-3)30-27(32)31(21-12-14-33-15-13-21)17-19-4-8-22(9-5-19)34-23-10-6-20(28)7-11-23/h4-11,16,21H,12-15,17H2,1-3H3,(H,30,32). The van der Waals surface area contributed by atoms with E-state index in [1.54, 1.807) is 23.9 Å². The Labute approximate surface area is 220 Å². The number of urea groups is 1. The highest BCUT2D eigenvalue weighted by atomic mass is 32.2. The molecular formula is C27H30FN3O3S2. The fourth-order valence-corrected chi connectivity index (χ4v) is 5.39. The minimum absolute atomic E-state index is 0.0720. The van der Waals surface area contributed by atoms with Crippen molar-refractivity contribution >= 4 is 35.2 Å². The van der Waals surface area contributed by atoms with Gasteiger partial charge in [-0.3, -0.25) is 0 Å². The summed E-state index contributed by atoms with van der Waals surface area (Å²) in [6, 6.07) is 15.5.